The Bertz CT molecular complexity index is 200. The van der Waals surface area contributed by atoms with E-state index in [2.05, 4.69) is 17.1 Å². The maximum Gasteiger partial charge on any atom is 0.0278 e. The van der Waals surface area contributed by atoms with Gasteiger partial charge in [-0.1, -0.05) is 12.2 Å². The lowest BCUT2D eigenvalue weighted by atomic mass is 9.94. The van der Waals surface area contributed by atoms with Gasteiger partial charge in [0.05, 0.1) is 0 Å². The number of hydrogen-bond donors (Lipinski definition) is 1. The quantitative estimate of drug-likeness (QED) is 0.679. The summed E-state index contributed by atoms with van der Waals surface area (Å²) in [5.41, 5.74) is 5.75. The normalized spacial score (nSPS) is 34.6. The van der Waals surface area contributed by atoms with E-state index >= 15 is 0 Å². The zero-order valence-electron chi connectivity index (χ0n) is 8.99. The van der Waals surface area contributed by atoms with E-state index in [-0.39, 0.29) is 0 Å². The van der Waals surface area contributed by atoms with E-state index in [9.17, 15) is 0 Å². The summed E-state index contributed by atoms with van der Waals surface area (Å²) in [6.45, 7) is 3.38. The molecule has 1 heterocycles. The average Bonchev–Trinajstić information content (AvgIpc) is 2.30. The molecule has 2 atom stereocenters. The first-order chi connectivity index (χ1) is 6.90. The minimum atomic E-state index is 0.720. The number of nitrogens with zero attached hydrogens (tertiary/aromatic N) is 1. The standard InChI is InChI=1S/C12H22N2/c13-9-11-5-4-8-14(10-11)12-6-2-1-3-7-12/h2,6,11-12H,1,3-5,7-10,13H2. The number of hydrogen-bond acceptors (Lipinski definition) is 2. The van der Waals surface area contributed by atoms with Gasteiger partial charge in [0, 0.05) is 12.6 Å². The van der Waals surface area contributed by atoms with Crippen molar-refractivity contribution in [3.63, 3.8) is 0 Å². The number of nitrogens with two attached hydrogens (primary N) is 1. The largest absolute Gasteiger partial charge is 0.330 e. The maximum absolute atomic E-state index is 5.75. The number of piperidine rings is 1. The second-order valence-corrected chi connectivity index (χ2v) is 4.67. The smallest absolute Gasteiger partial charge is 0.0278 e. The Morgan fingerprint density at radius 2 is 2.21 bits per heavy atom. The van der Waals surface area contributed by atoms with Crippen LogP contribution in [0.15, 0.2) is 12.2 Å². The van der Waals surface area contributed by atoms with Gasteiger partial charge in [-0.05, 0) is 51.1 Å². The fourth-order valence-electron chi connectivity index (χ4n) is 2.69. The van der Waals surface area contributed by atoms with E-state index in [1.807, 2.05) is 0 Å². The van der Waals surface area contributed by atoms with Crippen molar-refractivity contribution in [2.24, 2.45) is 11.7 Å². The topological polar surface area (TPSA) is 29.3 Å². The fourth-order valence-corrected chi connectivity index (χ4v) is 2.69. The van der Waals surface area contributed by atoms with Gasteiger partial charge in [0.1, 0.15) is 0 Å². The van der Waals surface area contributed by atoms with Crippen LogP contribution in [-0.4, -0.2) is 30.6 Å². The van der Waals surface area contributed by atoms with Gasteiger partial charge in [0.15, 0.2) is 0 Å². The zero-order valence-corrected chi connectivity index (χ0v) is 8.99. The van der Waals surface area contributed by atoms with Crippen LogP contribution in [0.1, 0.15) is 32.1 Å². The summed E-state index contributed by atoms with van der Waals surface area (Å²) in [5, 5.41) is 0. The van der Waals surface area contributed by atoms with Crippen molar-refractivity contribution < 1.29 is 0 Å². The Morgan fingerprint density at radius 3 is 2.93 bits per heavy atom. The third-order valence-electron chi connectivity index (χ3n) is 3.58. The van der Waals surface area contributed by atoms with Gasteiger partial charge in [0.25, 0.3) is 0 Å². The van der Waals surface area contributed by atoms with Crippen LogP contribution in [0.25, 0.3) is 0 Å². The highest BCUT2D eigenvalue weighted by Gasteiger charge is 2.24. The second-order valence-electron chi connectivity index (χ2n) is 4.67. The third kappa shape index (κ3) is 2.37. The summed E-state index contributed by atoms with van der Waals surface area (Å²) in [5.74, 6) is 0.749. The monoisotopic (exact) mass is 194 g/mol. The van der Waals surface area contributed by atoms with E-state index < -0.39 is 0 Å². The van der Waals surface area contributed by atoms with Gasteiger partial charge in [-0.2, -0.15) is 0 Å². The molecule has 0 aromatic heterocycles. The van der Waals surface area contributed by atoms with E-state index in [0.29, 0.717) is 0 Å². The molecule has 0 saturated carbocycles. The molecule has 1 aliphatic carbocycles. The van der Waals surface area contributed by atoms with Crippen molar-refractivity contribution in [3.8, 4) is 0 Å². The van der Waals surface area contributed by atoms with Crippen molar-refractivity contribution in [1.29, 1.82) is 0 Å². The van der Waals surface area contributed by atoms with E-state index in [1.54, 1.807) is 0 Å². The molecular formula is C12H22N2. The summed E-state index contributed by atoms with van der Waals surface area (Å²) in [4.78, 5) is 2.64. The molecule has 2 N–H and O–H groups in total. The number of allylic oxidation sites excluding steroid dienone is 1. The van der Waals surface area contributed by atoms with Crippen LogP contribution in [-0.2, 0) is 0 Å². The van der Waals surface area contributed by atoms with Crippen molar-refractivity contribution in [3.05, 3.63) is 12.2 Å². The summed E-state index contributed by atoms with van der Waals surface area (Å²) >= 11 is 0. The average molecular weight is 194 g/mol. The summed E-state index contributed by atoms with van der Waals surface area (Å²) < 4.78 is 0. The van der Waals surface area contributed by atoms with Crippen LogP contribution in [0.5, 0.6) is 0 Å². The highest BCUT2D eigenvalue weighted by Crippen LogP contribution is 2.22. The molecule has 0 bridgehead atoms. The van der Waals surface area contributed by atoms with Gasteiger partial charge >= 0.3 is 0 Å². The van der Waals surface area contributed by atoms with Crippen molar-refractivity contribution in [2.45, 2.75) is 38.1 Å². The molecule has 14 heavy (non-hydrogen) atoms. The predicted molar refractivity (Wildman–Crippen MR) is 60.1 cm³/mol. The van der Waals surface area contributed by atoms with E-state index in [4.69, 9.17) is 5.73 Å². The lowest BCUT2D eigenvalue weighted by molar-refractivity contribution is 0.139. The van der Waals surface area contributed by atoms with Crippen LogP contribution < -0.4 is 5.73 Å². The Kier molecular flexibility index (Phi) is 3.60. The molecule has 0 aromatic rings. The summed E-state index contributed by atoms with van der Waals surface area (Å²) in [6, 6.07) is 0.720. The van der Waals surface area contributed by atoms with Crippen LogP contribution in [0.3, 0.4) is 0 Å². The molecule has 0 aromatic carbocycles. The zero-order chi connectivity index (χ0) is 9.80. The molecule has 1 aliphatic heterocycles. The molecule has 2 aliphatic rings. The lowest BCUT2D eigenvalue weighted by Gasteiger charge is -2.37. The molecule has 2 nitrogen and oxygen atoms in total. The van der Waals surface area contributed by atoms with Crippen LogP contribution in [0, 0.1) is 5.92 Å². The molecule has 1 fully saturated rings. The first kappa shape index (κ1) is 10.2. The second kappa shape index (κ2) is 4.94. The maximum atomic E-state index is 5.75. The summed E-state index contributed by atoms with van der Waals surface area (Å²) in [6.07, 6.45) is 11.4. The van der Waals surface area contributed by atoms with Crippen molar-refractivity contribution >= 4 is 0 Å². The number of rotatable bonds is 2. The fraction of sp³-hybridized carbons (Fsp3) is 0.833. The Balaban J connectivity index is 1.89. The molecule has 0 amide bonds. The molecule has 2 unspecified atom stereocenters. The van der Waals surface area contributed by atoms with Crippen LogP contribution in [0.2, 0.25) is 0 Å². The van der Waals surface area contributed by atoms with Crippen molar-refractivity contribution in [1.82, 2.24) is 4.90 Å². The minimum absolute atomic E-state index is 0.720. The number of likely N-dealkylation sites (tertiary alicyclic amines) is 1. The van der Waals surface area contributed by atoms with Gasteiger partial charge in [0.2, 0.25) is 0 Å². The summed E-state index contributed by atoms with van der Waals surface area (Å²) in [7, 11) is 0. The van der Waals surface area contributed by atoms with Crippen LogP contribution in [0.4, 0.5) is 0 Å². The molecule has 0 radical (unpaired) electrons. The molecule has 0 spiro atoms. The van der Waals surface area contributed by atoms with Crippen molar-refractivity contribution in [2.75, 3.05) is 19.6 Å². The van der Waals surface area contributed by atoms with Gasteiger partial charge in [-0.3, -0.25) is 4.90 Å². The minimum Gasteiger partial charge on any atom is -0.330 e. The van der Waals surface area contributed by atoms with E-state index in [0.717, 1.165) is 18.5 Å². The van der Waals surface area contributed by atoms with E-state index in [1.165, 1.54) is 45.2 Å². The third-order valence-corrected chi connectivity index (χ3v) is 3.58. The first-order valence-electron chi connectivity index (χ1n) is 6.01. The first-order valence-corrected chi connectivity index (χ1v) is 6.01. The Morgan fingerprint density at radius 1 is 1.29 bits per heavy atom. The molecule has 2 rings (SSSR count). The van der Waals surface area contributed by atoms with Gasteiger partial charge in [-0.15, -0.1) is 0 Å². The lowest BCUT2D eigenvalue weighted by Crippen LogP contribution is -2.44. The van der Waals surface area contributed by atoms with Crippen LogP contribution >= 0.6 is 0 Å². The SMILES string of the molecule is NCC1CCCN(C2C=CCCC2)C1. The molecule has 1 saturated heterocycles. The van der Waals surface area contributed by atoms with Gasteiger partial charge < -0.3 is 5.73 Å². The Hall–Kier alpha value is -0.340. The van der Waals surface area contributed by atoms with Gasteiger partial charge in [-0.25, -0.2) is 0 Å². The Labute approximate surface area is 87.2 Å². The highest BCUT2D eigenvalue weighted by molar-refractivity contribution is 4.99. The molecule has 80 valence electrons. The molecule has 2 heteroatoms. The predicted octanol–water partition coefficient (Wildman–Crippen LogP) is 1.77. The molecular weight excluding hydrogens is 172 g/mol. The highest BCUT2D eigenvalue weighted by atomic mass is 15.2.